The maximum Gasteiger partial charge on any atom is 0.412 e. The number of nitrogens with zero attached hydrogens (tertiary/aromatic N) is 1. The minimum atomic E-state index is -4.68. The van der Waals surface area contributed by atoms with Crippen LogP contribution in [0.5, 0.6) is 0 Å². The van der Waals surface area contributed by atoms with E-state index in [1.54, 1.807) is 6.92 Å². The highest BCUT2D eigenvalue weighted by molar-refractivity contribution is 8.16. The summed E-state index contributed by atoms with van der Waals surface area (Å²) in [7, 11) is 0. The Morgan fingerprint density at radius 3 is 2.33 bits per heavy atom. The van der Waals surface area contributed by atoms with Crippen molar-refractivity contribution in [3.63, 3.8) is 0 Å². The van der Waals surface area contributed by atoms with E-state index in [-0.39, 0.29) is 5.17 Å². The summed E-state index contributed by atoms with van der Waals surface area (Å²) in [5, 5.41) is 2.66. The standard InChI is InChI=1S/C13H12F4N2OS/c1-7(8-3-5-9(14)6-4-8)18-11-19-10(20)12(2,21-11)13(15,16)17/h3-7H,1-2H3,(H,18,19,20). The fourth-order valence-electron chi connectivity index (χ4n) is 1.72. The molecule has 0 aromatic heterocycles. The van der Waals surface area contributed by atoms with E-state index in [1.807, 2.05) is 0 Å². The van der Waals surface area contributed by atoms with Crippen molar-refractivity contribution in [2.75, 3.05) is 0 Å². The molecule has 114 valence electrons. The Morgan fingerprint density at radius 2 is 1.86 bits per heavy atom. The van der Waals surface area contributed by atoms with Gasteiger partial charge in [0.05, 0.1) is 6.04 Å². The van der Waals surface area contributed by atoms with Crippen molar-refractivity contribution in [1.82, 2.24) is 5.32 Å². The molecular weight excluding hydrogens is 308 g/mol. The molecular formula is C13H12F4N2OS. The summed E-state index contributed by atoms with van der Waals surface area (Å²) in [6.07, 6.45) is -4.68. The summed E-state index contributed by atoms with van der Waals surface area (Å²) in [4.78, 5) is 14.9. The number of amides is 1. The average Bonchev–Trinajstić information content (AvgIpc) is 2.66. The van der Waals surface area contributed by atoms with Crippen molar-refractivity contribution < 1.29 is 22.4 Å². The molecule has 1 aromatic carbocycles. The van der Waals surface area contributed by atoms with Crippen LogP contribution in [0, 0.1) is 5.82 Å². The minimum absolute atomic E-state index is 0.0864. The maximum atomic E-state index is 12.9. The molecule has 0 radical (unpaired) electrons. The van der Waals surface area contributed by atoms with E-state index < -0.39 is 28.7 Å². The van der Waals surface area contributed by atoms with Gasteiger partial charge in [-0.1, -0.05) is 23.9 Å². The molecule has 2 rings (SSSR count). The van der Waals surface area contributed by atoms with Crippen LogP contribution >= 0.6 is 11.8 Å². The number of carbonyl (C=O) groups is 1. The van der Waals surface area contributed by atoms with E-state index in [9.17, 15) is 22.4 Å². The second-order valence-corrected chi connectivity index (χ2v) is 6.18. The first-order valence-corrected chi connectivity index (χ1v) is 6.86. The van der Waals surface area contributed by atoms with Crippen LogP contribution in [0.3, 0.4) is 0 Å². The lowest BCUT2D eigenvalue weighted by molar-refractivity contribution is -0.165. The lowest BCUT2D eigenvalue weighted by atomic mass is 10.1. The van der Waals surface area contributed by atoms with Gasteiger partial charge in [0, 0.05) is 0 Å². The second-order valence-electron chi connectivity index (χ2n) is 4.77. The Kier molecular flexibility index (Phi) is 4.01. The van der Waals surface area contributed by atoms with Gasteiger partial charge in [-0.05, 0) is 31.5 Å². The summed E-state index contributed by atoms with van der Waals surface area (Å²) in [6.45, 7) is 2.49. The predicted molar refractivity (Wildman–Crippen MR) is 72.4 cm³/mol. The van der Waals surface area contributed by atoms with Crippen LogP contribution in [0.1, 0.15) is 25.5 Å². The Bertz CT molecular complexity index is 585. The molecule has 0 saturated carbocycles. The van der Waals surface area contributed by atoms with Crippen LogP contribution < -0.4 is 5.32 Å². The molecule has 2 unspecified atom stereocenters. The quantitative estimate of drug-likeness (QED) is 0.849. The molecule has 8 heteroatoms. The zero-order valence-electron chi connectivity index (χ0n) is 11.2. The van der Waals surface area contributed by atoms with Crippen molar-refractivity contribution >= 4 is 22.8 Å². The van der Waals surface area contributed by atoms with Gasteiger partial charge in [0.2, 0.25) is 0 Å². The monoisotopic (exact) mass is 320 g/mol. The predicted octanol–water partition coefficient (Wildman–Crippen LogP) is 3.43. The third-order valence-electron chi connectivity index (χ3n) is 3.16. The van der Waals surface area contributed by atoms with Gasteiger partial charge in [0.15, 0.2) is 9.91 Å². The molecule has 3 nitrogen and oxygen atoms in total. The molecule has 0 spiro atoms. The van der Waals surface area contributed by atoms with Gasteiger partial charge in [0.25, 0.3) is 5.91 Å². The Labute approximate surface area is 122 Å². The van der Waals surface area contributed by atoms with Gasteiger partial charge in [-0.3, -0.25) is 4.79 Å². The third-order valence-corrected chi connectivity index (χ3v) is 4.38. The first kappa shape index (κ1) is 15.8. The molecule has 0 saturated heterocycles. The van der Waals surface area contributed by atoms with Gasteiger partial charge >= 0.3 is 6.18 Å². The summed E-state index contributed by atoms with van der Waals surface area (Å²) in [6, 6.07) is 5.13. The molecule has 0 bridgehead atoms. The van der Waals surface area contributed by atoms with E-state index in [4.69, 9.17) is 0 Å². The second kappa shape index (κ2) is 5.32. The van der Waals surface area contributed by atoms with Gasteiger partial charge in [-0.25, -0.2) is 4.39 Å². The molecule has 0 fully saturated rings. The van der Waals surface area contributed by atoms with E-state index in [0.717, 1.165) is 6.92 Å². The number of rotatable bonds is 2. The van der Waals surface area contributed by atoms with Crippen molar-refractivity contribution in [3.05, 3.63) is 35.6 Å². The molecule has 1 amide bonds. The van der Waals surface area contributed by atoms with E-state index in [2.05, 4.69) is 10.3 Å². The van der Waals surface area contributed by atoms with Crippen LogP contribution in [0.2, 0.25) is 0 Å². The van der Waals surface area contributed by atoms with E-state index >= 15 is 0 Å². The van der Waals surface area contributed by atoms with Gasteiger partial charge in [-0.2, -0.15) is 18.2 Å². The zero-order valence-corrected chi connectivity index (χ0v) is 12.0. The molecule has 1 aromatic rings. The lowest BCUT2D eigenvalue weighted by Gasteiger charge is -2.23. The number of thioether (sulfide) groups is 1. The number of benzene rings is 1. The van der Waals surface area contributed by atoms with Crippen molar-refractivity contribution in [1.29, 1.82) is 0 Å². The molecule has 1 aliphatic rings. The minimum Gasteiger partial charge on any atom is -0.358 e. The summed E-state index contributed by atoms with van der Waals surface area (Å²) < 4.78 is 48.9. The molecule has 21 heavy (non-hydrogen) atoms. The lowest BCUT2D eigenvalue weighted by Crippen LogP contribution is -2.44. The largest absolute Gasteiger partial charge is 0.412 e. The Hall–Kier alpha value is -1.57. The smallest absolute Gasteiger partial charge is 0.358 e. The highest BCUT2D eigenvalue weighted by atomic mass is 32.2. The normalized spacial score (nSPS) is 23.9. The number of aliphatic imine (C=N–C) groups is 1. The topological polar surface area (TPSA) is 41.5 Å². The van der Waals surface area contributed by atoms with Crippen molar-refractivity contribution in [3.8, 4) is 0 Å². The van der Waals surface area contributed by atoms with Crippen LogP contribution in [-0.2, 0) is 4.79 Å². The number of amidine groups is 1. The fourth-order valence-corrected chi connectivity index (χ4v) is 2.72. The van der Waals surface area contributed by atoms with E-state index in [1.165, 1.54) is 24.3 Å². The molecule has 2 atom stereocenters. The van der Waals surface area contributed by atoms with Gasteiger partial charge in [0.1, 0.15) is 5.82 Å². The van der Waals surface area contributed by atoms with Crippen LogP contribution in [0.15, 0.2) is 29.3 Å². The third kappa shape index (κ3) is 3.04. The van der Waals surface area contributed by atoms with E-state index in [0.29, 0.717) is 17.3 Å². The highest BCUT2D eigenvalue weighted by Gasteiger charge is 2.61. The van der Waals surface area contributed by atoms with Gasteiger partial charge in [-0.15, -0.1) is 0 Å². The number of carbonyl (C=O) groups excluding carboxylic acids is 1. The Morgan fingerprint density at radius 1 is 1.29 bits per heavy atom. The average molecular weight is 320 g/mol. The molecule has 0 aliphatic carbocycles. The Balaban J connectivity index is 2.10. The number of hydrogen-bond donors (Lipinski definition) is 1. The number of nitrogens with one attached hydrogen (secondary N) is 1. The molecule has 1 N–H and O–H groups in total. The summed E-state index contributed by atoms with van der Waals surface area (Å²) in [5.74, 6) is -1.63. The first-order chi connectivity index (χ1) is 9.63. The molecule has 1 aliphatic heterocycles. The first-order valence-electron chi connectivity index (χ1n) is 6.04. The SMILES string of the molecule is CC(NC1=NC(=O)C(C)(C(F)(F)F)S1)c1ccc(F)cc1. The fraction of sp³-hybridized carbons (Fsp3) is 0.385. The van der Waals surface area contributed by atoms with Gasteiger partial charge < -0.3 is 5.32 Å². The van der Waals surface area contributed by atoms with Crippen LogP contribution in [0.25, 0.3) is 0 Å². The number of hydrogen-bond acceptors (Lipinski definition) is 3. The summed E-state index contributed by atoms with van der Waals surface area (Å²) in [5.41, 5.74) is 0.674. The van der Waals surface area contributed by atoms with Crippen molar-refractivity contribution in [2.24, 2.45) is 4.99 Å². The zero-order chi connectivity index (χ0) is 15.8. The highest BCUT2D eigenvalue weighted by Crippen LogP contribution is 2.46. The van der Waals surface area contributed by atoms with Crippen molar-refractivity contribution in [2.45, 2.75) is 30.8 Å². The number of alkyl halides is 3. The maximum absolute atomic E-state index is 12.9. The number of halogens is 4. The summed E-state index contributed by atoms with van der Waals surface area (Å²) >= 11 is 0.344. The molecule has 1 heterocycles. The van der Waals surface area contributed by atoms with Crippen LogP contribution in [0.4, 0.5) is 17.6 Å². The van der Waals surface area contributed by atoms with Crippen LogP contribution in [-0.4, -0.2) is 22.0 Å².